The molecule has 0 unspecified atom stereocenters. The van der Waals surface area contributed by atoms with E-state index >= 15 is 0 Å². The first-order chi connectivity index (χ1) is 21.6. The first-order valence-electron chi connectivity index (χ1n) is 14.8. The maximum atomic E-state index is 12.6. The lowest BCUT2D eigenvalue weighted by Gasteiger charge is -2.44. The molecule has 4 heterocycles. The molecule has 4 fully saturated rings. The van der Waals surface area contributed by atoms with Gasteiger partial charge in [0.25, 0.3) is 0 Å². The zero-order valence-electron chi connectivity index (χ0n) is 24.2. The molecular formula is C30H38O15. The van der Waals surface area contributed by atoms with E-state index in [2.05, 4.69) is 0 Å². The van der Waals surface area contributed by atoms with Crippen molar-refractivity contribution in [2.45, 2.75) is 92.4 Å². The molecule has 1 saturated carbocycles. The quantitative estimate of drug-likeness (QED) is 0.0845. The van der Waals surface area contributed by atoms with Crippen molar-refractivity contribution in [3.05, 3.63) is 54.3 Å². The zero-order chi connectivity index (χ0) is 32.0. The van der Waals surface area contributed by atoms with Gasteiger partial charge < -0.3 is 68.9 Å². The fourth-order valence-electron chi connectivity index (χ4n) is 6.62. The second-order valence-corrected chi connectivity index (χ2v) is 11.9. The summed E-state index contributed by atoms with van der Waals surface area (Å²) in [7, 11) is 0. The van der Waals surface area contributed by atoms with Crippen molar-refractivity contribution in [1.29, 1.82) is 0 Å². The molecule has 0 aromatic heterocycles. The molecule has 4 aliphatic heterocycles. The summed E-state index contributed by atoms with van der Waals surface area (Å²) >= 11 is 0. The molecule has 15 nitrogen and oxygen atoms in total. The summed E-state index contributed by atoms with van der Waals surface area (Å²) in [6, 6.07) is 9.03. The minimum absolute atomic E-state index is 0.471. The van der Waals surface area contributed by atoms with E-state index in [0.717, 1.165) is 5.56 Å². The maximum Gasteiger partial charge on any atom is 0.331 e. The van der Waals surface area contributed by atoms with Gasteiger partial charge in [0.05, 0.1) is 37.6 Å². The molecule has 5 aliphatic rings. The Labute approximate surface area is 257 Å². The first-order valence-corrected chi connectivity index (χ1v) is 14.8. The van der Waals surface area contributed by atoms with Crippen molar-refractivity contribution in [2.24, 2.45) is 11.8 Å². The third-order valence-electron chi connectivity index (χ3n) is 9.13. The van der Waals surface area contributed by atoms with Crippen molar-refractivity contribution in [3.63, 3.8) is 0 Å². The molecule has 7 N–H and O–H groups in total. The maximum absolute atomic E-state index is 12.6. The number of aliphatic hydroxyl groups excluding tert-OH is 7. The highest BCUT2D eigenvalue weighted by atomic mass is 16.8. The first kappa shape index (κ1) is 32.4. The van der Waals surface area contributed by atoms with Crippen LogP contribution in [0.3, 0.4) is 0 Å². The Morgan fingerprint density at radius 2 is 1.62 bits per heavy atom. The standard InChI is InChI=1S/C30H38O15/c1-13-19(34)25(42-17(33)8-7-14-5-3-2-4-6-14)23(38)29(40-13)43-24-15-9-10-39-27(18(15)30(12-32)26(24)45-30)44-28-22(37)21(36)20(35)16(11-31)41-28/h2-10,13,15-16,18-29,31-32,34-38H,11-12H2,1H3/b8-7-/t13-,15+,16+,18+,19-,20+,21-,22+,23+,24-,25+,26-,27-,28-,29-,30+/m0/s1. The van der Waals surface area contributed by atoms with Gasteiger partial charge in [-0.25, -0.2) is 4.79 Å². The smallest absolute Gasteiger partial charge is 0.331 e. The lowest BCUT2D eigenvalue weighted by atomic mass is 9.85. The normalized spacial score (nSPS) is 47.2. The average molecular weight is 639 g/mol. The molecule has 1 aromatic rings. The molecule has 16 atom stereocenters. The van der Waals surface area contributed by atoms with Crippen LogP contribution in [0, 0.1) is 11.8 Å². The van der Waals surface area contributed by atoms with Crippen molar-refractivity contribution in [1.82, 2.24) is 0 Å². The van der Waals surface area contributed by atoms with Gasteiger partial charge in [0.2, 0.25) is 6.29 Å². The molecule has 248 valence electrons. The molecule has 0 amide bonds. The third-order valence-corrected chi connectivity index (χ3v) is 9.13. The van der Waals surface area contributed by atoms with Crippen LogP contribution < -0.4 is 0 Å². The lowest BCUT2D eigenvalue weighted by Crippen LogP contribution is -2.60. The Hall–Kier alpha value is -2.51. The SMILES string of the molecule is C[C@@H]1O[C@@H](O[C@H]2[C@@H]3C=CO[C@@H](O[C@@H]4O[C@H](CO)[C@@H](O)[C@H](O)[C@H]4O)[C@@H]3[C@@]3(CO)O[C@@H]23)[C@H](O)[C@H](OC(=O)/C=C\c2ccccc2)[C@H]1O. The molecule has 0 bridgehead atoms. The summed E-state index contributed by atoms with van der Waals surface area (Å²) in [4.78, 5) is 12.6. The van der Waals surface area contributed by atoms with Crippen LogP contribution in [0.5, 0.6) is 0 Å². The molecular weight excluding hydrogens is 600 g/mol. The number of epoxide rings is 1. The Balaban J connectivity index is 1.15. The lowest BCUT2D eigenvalue weighted by molar-refractivity contribution is -0.347. The Morgan fingerprint density at radius 3 is 2.33 bits per heavy atom. The molecule has 15 heteroatoms. The summed E-state index contributed by atoms with van der Waals surface area (Å²) in [5.41, 5.74) is -0.458. The van der Waals surface area contributed by atoms with Crippen LogP contribution in [-0.2, 0) is 38.0 Å². The van der Waals surface area contributed by atoms with Crippen LogP contribution in [0.1, 0.15) is 12.5 Å². The number of aliphatic hydroxyl groups is 7. The number of esters is 1. The largest absolute Gasteiger partial charge is 0.472 e. The van der Waals surface area contributed by atoms with Crippen molar-refractivity contribution in [3.8, 4) is 0 Å². The highest BCUT2D eigenvalue weighted by Gasteiger charge is 2.77. The summed E-state index contributed by atoms with van der Waals surface area (Å²) in [6.07, 6.45) is -11.3. The summed E-state index contributed by atoms with van der Waals surface area (Å²) < 4.78 is 40.4. The number of hydrogen-bond acceptors (Lipinski definition) is 15. The number of carbonyl (C=O) groups is 1. The molecule has 1 aromatic carbocycles. The van der Waals surface area contributed by atoms with E-state index in [1.54, 1.807) is 30.3 Å². The molecule has 1 aliphatic carbocycles. The van der Waals surface area contributed by atoms with Crippen LogP contribution in [0.2, 0.25) is 0 Å². The number of carbonyl (C=O) groups excluding carboxylic acids is 1. The number of hydrogen-bond donors (Lipinski definition) is 7. The van der Waals surface area contributed by atoms with Gasteiger partial charge in [0.1, 0.15) is 48.3 Å². The van der Waals surface area contributed by atoms with Crippen LogP contribution >= 0.6 is 0 Å². The van der Waals surface area contributed by atoms with Crippen LogP contribution in [-0.4, -0.2) is 140 Å². The fraction of sp³-hybridized carbons (Fsp3) is 0.633. The van der Waals surface area contributed by atoms with E-state index in [-0.39, 0.29) is 0 Å². The second kappa shape index (κ2) is 12.9. The van der Waals surface area contributed by atoms with E-state index in [1.165, 1.54) is 25.3 Å². The fourth-order valence-corrected chi connectivity index (χ4v) is 6.62. The molecule has 0 radical (unpaired) electrons. The van der Waals surface area contributed by atoms with Gasteiger partial charge in [-0.05, 0) is 24.6 Å². The Bertz CT molecular complexity index is 1240. The van der Waals surface area contributed by atoms with Gasteiger partial charge in [0, 0.05) is 12.0 Å². The molecule has 6 rings (SSSR count). The summed E-state index contributed by atoms with van der Waals surface area (Å²) in [6.45, 7) is 0.414. The minimum Gasteiger partial charge on any atom is -0.472 e. The summed E-state index contributed by atoms with van der Waals surface area (Å²) in [5, 5.41) is 72.5. The van der Waals surface area contributed by atoms with Crippen molar-refractivity contribution < 1.29 is 73.7 Å². The van der Waals surface area contributed by atoms with Gasteiger partial charge >= 0.3 is 5.97 Å². The van der Waals surface area contributed by atoms with Gasteiger partial charge in [-0.3, -0.25) is 0 Å². The van der Waals surface area contributed by atoms with E-state index in [4.69, 9.17) is 33.2 Å². The van der Waals surface area contributed by atoms with Gasteiger partial charge in [-0.15, -0.1) is 0 Å². The van der Waals surface area contributed by atoms with Crippen LogP contribution in [0.25, 0.3) is 6.08 Å². The highest BCUT2D eigenvalue weighted by Crippen LogP contribution is 2.61. The average Bonchev–Trinajstić information content (AvgIpc) is 3.72. The monoisotopic (exact) mass is 638 g/mol. The molecule has 0 spiro atoms. The van der Waals surface area contributed by atoms with E-state index in [9.17, 15) is 40.5 Å². The van der Waals surface area contributed by atoms with Crippen molar-refractivity contribution in [2.75, 3.05) is 13.2 Å². The van der Waals surface area contributed by atoms with Crippen LogP contribution in [0.15, 0.2) is 48.7 Å². The second-order valence-electron chi connectivity index (χ2n) is 11.9. The van der Waals surface area contributed by atoms with Gasteiger partial charge in [-0.2, -0.15) is 0 Å². The van der Waals surface area contributed by atoms with Gasteiger partial charge in [-0.1, -0.05) is 30.3 Å². The Kier molecular flexibility index (Phi) is 9.33. The topological polar surface area (TPSA) is 227 Å². The van der Waals surface area contributed by atoms with Crippen LogP contribution in [0.4, 0.5) is 0 Å². The minimum atomic E-state index is -1.69. The number of rotatable bonds is 9. The number of benzene rings is 1. The summed E-state index contributed by atoms with van der Waals surface area (Å²) in [5.74, 6) is -2.08. The molecule has 3 saturated heterocycles. The predicted octanol–water partition coefficient (Wildman–Crippen LogP) is -2.47. The van der Waals surface area contributed by atoms with E-state index < -0.39 is 117 Å². The number of fused-ring (bicyclic) bond motifs is 3. The highest BCUT2D eigenvalue weighted by molar-refractivity contribution is 5.87. The zero-order valence-corrected chi connectivity index (χ0v) is 24.2. The molecule has 45 heavy (non-hydrogen) atoms. The third kappa shape index (κ3) is 5.93. The van der Waals surface area contributed by atoms with E-state index in [0.29, 0.717) is 0 Å². The van der Waals surface area contributed by atoms with Gasteiger partial charge in [0.15, 0.2) is 18.7 Å². The predicted molar refractivity (Wildman–Crippen MR) is 147 cm³/mol. The Morgan fingerprint density at radius 1 is 0.889 bits per heavy atom. The van der Waals surface area contributed by atoms with Crippen molar-refractivity contribution >= 4 is 12.0 Å². The number of ether oxygens (including phenoxy) is 7. The van der Waals surface area contributed by atoms with E-state index in [1.807, 2.05) is 6.07 Å².